The minimum absolute atomic E-state index is 0.0260. The van der Waals surface area contributed by atoms with E-state index in [9.17, 15) is 10.1 Å². The smallest absolute Gasteiger partial charge is 0.269 e. The molecule has 0 atom stereocenters. The molecule has 0 saturated carbocycles. The molecule has 0 radical (unpaired) electrons. The summed E-state index contributed by atoms with van der Waals surface area (Å²) in [6, 6.07) is 13.3. The third-order valence-corrected chi connectivity index (χ3v) is 5.18. The maximum Gasteiger partial charge on any atom is 0.269 e. The molecule has 13 heteroatoms. The Morgan fingerprint density at radius 1 is 0.512 bits per heavy atom. The van der Waals surface area contributed by atoms with E-state index in [1.165, 1.54) is 12.1 Å². The topological polar surface area (TPSA) is 152 Å². The molecule has 0 aliphatic rings. The first-order chi connectivity index (χ1) is 20.2. The van der Waals surface area contributed by atoms with Crippen LogP contribution >= 0.6 is 0 Å². The number of hydrogen-bond acceptors (Lipinski definition) is 12. The molecular weight excluding hydrogens is 540 g/mol. The van der Waals surface area contributed by atoms with Crippen LogP contribution < -0.4 is 15.2 Å². The Bertz CT molecular complexity index is 918. The summed E-state index contributed by atoms with van der Waals surface area (Å²) in [6.45, 7) is 7.34. The summed E-state index contributed by atoms with van der Waals surface area (Å²) < 4.78 is 49.1. The summed E-state index contributed by atoms with van der Waals surface area (Å²) >= 11 is 0. The van der Waals surface area contributed by atoms with Crippen molar-refractivity contribution in [3.63, 3.8) is 0 Å². The van der Waals surface area contributed by atoms with Crippen LogP contribution in [0.2, 0.25) is 0 Å². The van der Waals surface area contributed by atoms with Crippen LogP contribution in [0, 0.1) is 10.1 Å². The summed E-state index contributed by atoms with van der Waals surface area (Å²) in [4.78, 5) is 10.2. The molecule has 41 heavy (non-hydrogen) atoms. The van der Waals surface area contributed by atoms with Crippen LogP contribution in [0.15, 0.2) is 48.5 Å². The number of anilines is 1. The van der Waals surface area contributed by atoms with E-state index in [0.29, 0.717) is 123 Å². The molecule has 13 nitrogen and oxygen atoms in total. The number of hydrogen-bond donors (Lipinski definition) is 1. The molecule has 0 unspecified atom stereocenters. The van der Waals surface area contributed by atoms with Gasteiger partial charge in [0.05, 0.1) is 103 Å². The van der Waals surface area contributed by atoms with Crippen molar-refractivity contribution in [2.45, 2.75) is 0 Å². The zero-order valence-corrected chi connectivity index (χ0v) is 23.4. The molecule has 230 valence electrons. The average molecular weight is 583 g/mol. The maximum atomic E-state index is 10.6. The first-order valence-corrected chi connectivity index (χ1v) is 13.6. The highest BCUT2D eigenvalue weighted by atomic mass is 16.6. The Kier molecular flexibility index (Phi) is 19.7. The third kappa shape index (κ3) is 18.1. The monoisotopic (exact) mass is 582 g/mol. The molecule has 2 N–H and O–H groups in total. The Labute approximate surface area is 240 Å². The van der Waals surface area contributed by atoms with Gasteiger partial charge in [-0.25, -0.2) is 0 Å². The van der Waals surface area contributed by atoms with Crippen molar-refractivity contribution in [1.29, 1.82) is 0 Å². The predicted molar refractivity (Wildman–Crippen MR) is 151 cm³/mol. The lowest BCUT2D eigenvalue weighted by Crippen LogP contribution is -2.15. The number of para-hydroxylation sites is 2. The van der Waals surface area contributed by atoms with E-state index < -0.39 is 4.92 Å². The van der Waals surface area contributed by atoms with Gasteiger partial charge >= 0.3 is 0 Å². The number of ether oxygens (including phenoxy) is 9. The molecule has 0 bridgehead atoms. The second-order valence-corrected chi connectivity index (χ2v) is 8.27. The third-order valence-electron chi connectivity index (χ3n) is 5.18. The number of benzene rings is 2. The van der Waals surface area contributed by atoms with Gasteiger partial charge < -0.3 is 48.4 Å². The van der Waals surface area contributed by atoms with Crippen LogP contribution in [0.25, 0.3) is 0 Å². The molecule has 0 fully saturated rings. The number of nitro benzene ring substituents is 1. The van der Waals surface area contributed by atoms with Crippen molar-refractivity contribution in [2.24, 2.45) is 0 Å². The molecule has 0 aliphatic heterocycles. The number of non-ortho nitro benzene ring substituents is 1. The van der Waals surface area contributed by atoms with Crippen molar-refractivity contribution in [1.82, 2.24) is 0 Å². The summed E-state index contributed by atoms with van der Waals surface area (Å²) in [5.41, 5.74) is 6.44. The second kappa shape index (κ2) is 23.6. The highest BCUT2D eigenvalue weighted by Crippen LogP contribution is 2.19. The van der Waals surface area contributed by atoms with Crippen molar-refractivity contribution >= 4 is 11.4 Å². The Balaban J connectivity index is 1.20. The van der Waals surface area contributed by atoms with Crippen LogP contribution in [-0.2, 0) is 33.2 Å². The van der Waals surface area contributed by atoms with Crippen LogP contribution in [0.5, 0.6) is 11.5 Å². The van der Waals surface area contributed by atoms with Gasteiger partial charge in [0.25, 0.3) is 5.69 Å². The van der Waals surface area contributed by atoms with E-state index >= 15 is 0 Å². The molecule has 0 aliphatic carbocycles. The van der Waals surface area contributed by atoms with Gasteiger partial charge in [-0.1, -0.05) is 12.1 Å². The molecule has 0 aromatic heterocycles. The lowest BCUT2D eigenvalue weighted by atomic mass is 10.3. The molecule has 0 heterocycles. The SMILES string of the molecule is Nc1ccccc1OCCOCCOCCOCCOCCOCCOCCOCCOc1ccc([N+](=O)[O-])cc1. The summed E-state index contributed by atoms with van der Waals surface area (Å²) in [5.74, 6) is 1.22. The van der Waals surface area contributed by atoms with E-state index in [0.717, 1.165) is 0 Å². The van der Waals surface area contributed by atoms with E-state index in [1.807, 2.05) is 18.2 Å². The van der Waals surface area contributed by atoms with E-state index in [1.54, 1.807) is 18.2 Å². The molecule has 0 saturated heterocycles. The summed E-state index contributed by atoms with van der Waals surface area (Å²) in [6.07, 6.45) is 0. The number of nitro groups is 1. The molecular formula is C28H42N2O11. The van der Waals surface area contributed by atoms with Gasteiger partial charge in [-0.2, -0.15) is 0 Å². The largest absolute Gasteiger partial charge is 0.491 e. The van der Waals surface area contributed by atoms with Crippen LogP contribution in [0.1, 0.15) is 0 Å². The van der Waals surface area contributed by atoms with Crippen molar-refractivity contribution in [2.75, 3.05) is 111 Å². The average Bonchev–Trinajstić information content (AvgIpc) is 2.98. The Morgan fingerprint density at radius 2 is 0.878 bits per heavy atom. The van der Waals surface area contributed by atoms with Gasteiger partial charge in [-0.15, -0.1) is 0 Å². The summed E-state index contributed by atoms with van der Waals surface area (Å²) in [5, 5.41) is 10.6. The first kappa shape index (κ1) is 34.2. The quantitative estimate of drug-likeness (QED) is 0.0713. The number of nitrogens with two attached hydrogens (primary N) is 1. The van der Waals surface area contributed by atoms with Gasteiger partial charge in [0.2, 0.25) is 0 Å². The molecule has 0 spiro atoms. The van der Waals surface area contributed by atoms with Gasteiger partial charge in [-0.3, -0.25) is 10.1 Å². The molecule has 2 aromatic carbocycles. The van der Waals surface area contributed by atoms with E-state index in [-0.39, 0.29) is 5.69 Å². The first-order valence-electron chi connectivity index (χ1n) is 13.6. The molecule has 2 rings (SSSR count). The molecule has 2 aromatic rings. The number of nitrogens with zero attached hydrogens (tertiary/aromatic N) is 1. The lowest BCUT2D eigenvalue weighted by Gasteiger charge is -2.10. The zero-order valence-electron chi connectivity index (χ0n) is 23.4. The lowest BCUT2D eigenvalue weighted by molar-refractivity contribution is -0.384. The minimum atomic E-state index is -0.452. The van der Waals surface area contributed by atoms with Gasteiger partial charge in [0.1, 0.15) is 24.7 Å². The Morgan fingerprint density at radius 3 is 1.27 bits per heavy atom. The van der Waals surface area contributed by atoms with E-state index in [4.69, 9.17) is 48.4 Å². The second-order valence-electron chi connectivity index (χ2n) is 8.27. The normalized spacial score (nSPS) is 11.0. The van der Waals surface area contributed by atoms with Crippen LogP contribution in [0.4, 0.5) is 11.4 Å². The Hall–Kier alpha value is -3.04. The van der Waals surface area contributed by atoms with Crippen LogP contribution in [-0.4, -0.2) is 111 Å². The van der Waals surface area contributed by atoms with E-state index in [2.05, 4.69) is 0 Å². The van der Waals surface area contributed by atoms with Crippen molar-refractivity contribution in [3.8, 4) is 11.5 Å². The van der Waals surface area contributed by atoms with Gasteiger partial charge in [0.15, 0.2) is 0 Å². The van der Waals surface area contributed by atoms with Crippen molar-refractivity contribution < 1.29 is 47.6 Å². The minimum Gasteiger partial charge on any atom is -0.491 e. The highest BCUT2D eigenvalue weighted by molar-refractivity contribution is 5.51. The summed E-state index contributed by atoms with van der Waals surface area (Å²) in [7, 11) is 0. The fraction of sp³-hybridized carbons (Fsp3) is 0.571. The standard InChI is InChI=1S/C28H42N2O11/c29-27-3-1-2-4-28(27)41-24-22-39-20-18-37-16-14-35-12-10-33-9-11-34-13-15-36-17-19-38-21-23-40-26-7-5-25(6-8-26)30(31)32/h1-8H,9-24,29H2. The predicted octanol–water partition coefficient (Wildman–Crippen LogP) is 2.75. The number of rotatable bonds is 27. The maximum absolute atomic E-state index is 10.6. The van der Waals surface area contributed by atoms with Gasteiger partial charge in [-0.05, 0) is 24.3 Å². The van der Waals surface area contributed by atoms with Crippen molar-refractivity contribution in [3.05, 3.63) is 58.6 Å². The fourth-order valence-electron chi connectivity index (χ4n) is 3.13. The highest BCUT2D eigenvalue weighted by Gasteiger charge is 2.04. The number of nitrogen functional groups attached to an aromatic ring is 1. The zero-order chi connectivity index (χ0) is 29.2. The van der Waals surface area contributed by atoms with Gasteiger partial charge in [0, 0.05) is 12.1 Å². The fourth-order valence-corrected chi connectivity index (χ4v) is 3.13. The molecule has 0 amide bonds. The van der Waals surface area contributed by atoms with Crippen LogP contribution in [0.3, 0.4) is 0 Å².